The molecule has 0 aromatic carbocycles. The third-order valence-corrected chi connectivity index (χ3v) is 4.61. The van der Waals surface area contributed by atoms with Gasteiger partial charge in [0.2, 0.25) is 0 Å². The Bertz CT molecular complexity index is 716. The van der Waals surface area contributed by atoms with Crippen LogP contribution in [0.1, 0.15) is 78.9 Å². The van der Waals surface area contributed by atoms with Gasteiger partial charge in [0.15, 0.2) is 11.5 Å². The van der Waals surface area contributed by atoms with Gasteiger partial charge in [-0.1, -0.05) is 11.6 Å². The highest BCUT2D eigenvalue weighted by atomic mass is 16.5. The van der Waals surface area contributed by atoms with Crippen LogP contribution in [-0.4, -0.2) is 25.8 Å². The average Bonchev–Trinajstić information content (AvgIpc) is 3.21. The smallest absolute Gasteiger partial charge is 0.274 e. The van der Waals surface area contributed by atoms with Gasteiger partial charge in [0.1, 0.15) is 11.6 Å². The number of aromatic nitrogens is 4. The maximum absolute atomic E-state index is 12.4. The molecule has 122 valence electrons. The van der Waals surface area contributed by atoms with Crippen molar-refractivity contribution in [3.63, 3.8) is 0 Å². The summed E-state index contributed by atoms with van der Waals surface area (Å²) in [4.78, 5) is 12.4. The maximum atomic E-state index is 12.4. The molecule has 23 heavy (non-hydrogen) atoms. The number of rotatable bonds is 4. The van der Waals surface area contributed by atoms with E-state index < -0.39 is 0 Å². The number of aryl methyl sites for hydroxylation is 1. The normalized spacial score (nSPS) is 19.0. The van der Waals surface area contributed by atoms with Crippen molar-refractivity contribution in [3.05, 3.63) is 29.2 Å². The zero-order valence-electron chi connectivity index (χ0n) is 13.3. The molecule has 1 N–H and O–H groups in total. The molecule has 0 spiro atoms. The van der Waals surface area contributed by atoms with Gasteiger partial charge in [0.25, 0.3) is 5.91 Å². The second-order valence-electron chi connectivity index (χ2n) is 6.52. The van der Waals surface area contributed by atoms with Crippen LogP contribution in [0.15, 0.2) is 10.6 Å². The van der Waals surface area contributed by atoms with Crippen LogP contribution >= 0.6 is 0 Å². The molecule has 2 aliphatic rings. The molecule has 0 saturated heterocycles. The van der Waals surface area contributed by atoms with Crippen LogP contribution in [0.2, 0.25) is 0 Å². The number of hydrogen-bond donors (Lipinski definition) is 1. The minimum atomic E-state index is -0.223. The number of hydrogen-bond acceptors (Lipinski definition) is 5. The third kappa shape index (κ3) is 2.87. The highest BCUT2D eigenvalue weighted by Gasteiger charge is 2.29. The van der Waals surface area contributed by atoms with Gasteiger partial charge in [-0.2, -0.15) is 0 Å². The second kappa shape index (κ2) is 5.79. The van der Waals surface area contributed by atoms with Crippen LogP contribution in [0, 0.1) is 0 Å². The van der Waals surface area contributed by atoms with Crippen molar-refractivity contribution in [1.29, 1.82) is 0 Å². The Hall–Kier alpha value is -2.18. The average molecular weight is 315 g/mol. The fourth-order valence-electron chi connectivity index (χ4n) is 3.12. The van der Waals surface area contributed by atoms with E-state index >= 15 is 0 Å². The molecule has 1 fully saturated rings. The maximum Gasteiger partial charge on any atom is 0.274 e. The Morgan fingerprint density at radius 1 is 1.35 bits per heavy atom. The molecule has 2 aromatic rings. The number of carbonyl (C=O) groups excluding carboxylic acids is 1. The Morgan fingerprint density at radius 3 is 3.04 bits per heavy atom. The molecule has 1 atom stereocenters. The van der Waals surface area contributed by atoms with Crippen molar-refractivity contribution < 1.29 is 9.32 Å². The number of fused-ring (bicyclic) bond motifs is 1. The Morgan fingerprint density at radius 2 is 2.22 bits per heavy atom. The molecule has 1 saturated carbocycles. The second-order valence-corrected chi connectivity index (χ2v) is 6.52. The molecule has 0 radical (unpaired) electrons. The van der Waals surface area contributed by atoms with Crippen LogP contribution in [0.5, 0.6) is 0 Å². The Balaban J connectivity index is 1.47. The van der Waals surface area contributed by atoms with Crippen molar-refractivity contribution in [3.8, 4) is 0 Å². The molecular formula is C16H21N5O2. The first-order chi connectivity index (χ1) is 11.2. The van der Waals surface area contributed by atoms with E-state index in [1.807, 2.05) is 6.92 Å². The van der Waals surface area contributed by atoms with Gasteiger partial charge in [0.05, 0.1) is 6.04 Å². The van der Waals surface area contributed by atoms with Gasteiger partial charge in [0, 0.05) is 24.9 Å². The predicted molar refractivity (Wildman–Crippen MR) is 81.9 cm³/mol. The van der Waals surface area contributed by atoms with E-state index in [-0.39, 0.29) is 11.9 Å². The standard InChI is InChI=1S/C16H21N5O2/c1-10(15-19-18-14-5-3-2-4-8-21(14)15)17-16(22)12-9-13(23-20-12)11-6-7-11/h9-11H,2-8H2,1H3,(H,17,22)/t10-/m0/s1. The van der Waals surface area contributed by atoms with Crippen molar-refractivity contribution in [2.75, 3.05) is 0 Å². The fraction of sp³-hybridized carbons (Fsp3) is 0.625. The van der Waals surface area contributed by atoms with Gasteiger partial charge in [-0.05, 0) is 32.6 Å². The Kier molecular flexibility index (Phi) is 3.63. The number of amides is 1. The quantitative estimate of drug-likeness (QED) is 0.936. The van der Waals surface area contributed by atoms with Crippen LogP contribution < -0.4 is 5.32 Å². The summed E-state index contributed by atoms with van der Waals surface area (Å²) in [5.41, 5.74) is 0.342. The van der Waals surface area contributed by atoms with E-state index in [0.29, 0.717) is 11.6 Å². The molecule has 7 heteroatoms. The summed E-state index contributed by atoms with van der Waals surface area (Å²) < 4.78 is 7.39. The first-order valence-electron chi connectivity index (χ1n) is 8.42. The molecule has 4 rings (SSSR count). The van der Waals surface area contributed by atoms with Gasteiger partial charge in [-0.15, -0.1) is 10.2 Å². The van der Waals surface area contributed by atoms with Crippen LogP contribution in [-0.2, 0) is 13.0 Å². The summed E-state index contributed by atoms with van der Waals surface area (Å²) >= 11 is 0. The fourth-order valence-corrected chi connectivity index (χ4v) is 3.12. The lowest BCUT2D eigenvalue weighted by molar-refractivity contribution is 0.0928. The van der Waals surface area contributed by atoms with E-state index in [0.717, 1.165) is 56.1 Å². The van der Waals surface area contributed by atoms with Crippen molar-refractivity contribution in [2.24, 2.45) is 0 Å². The zero-order chi connectivity index (χ0) is 15.8. The minimum Gasteiger partial charge on any atom is -0.360 e. The Labute approximate surface area is 134 Å². The molecule has 0 unspecified atom stereocenters. The van der Waals surface area contributed by atoms with Crippen LogP contribution in [0.4, 0.5) is 0 Å². The van der Waals surface area contributed by atoms with E-state index in [9.17, 15) is 4.79 Å². The number of carbonyl (C=O) groups is 1. The minimum absolute atomic E-state index is 0.206. The summed E-state index contributed by atoms with van der Waals surface area (Å²) in [7, 11) is 0. The van der Waals surface area contributed by atoms with Crippen molar-refractivity contribution in [1.82, 2.24) is 25.2 Å². The summed E-state index contributed by atoms with van der Waals surface area (Å²) in [5, 5.41) is 15.4. The topological polar surface area (TPSA) is 85.8 Å². The summed E-state index contributed by atoms with van der Waals surface area (Å²) in [6.07, 6.45) is 6.71. The van der Waals surface area contributed by atoms with Crippen molar-refractivity contribution in [2.45, 2.75) is 64.0 Å². The first kappa shape index (κ1) is 14.4. The van der Waals surface area contributed by atoms with E-state index in [1.165, 1.54) is 6.42 Å². The van der Waals surface area contributed by atoms with Crippen LogP contribution in [0.25, 0.3) is 0 Å². The number of nitrogens with zero attached hydrogens (tertiary/aromatic N) is 4. The lowest BCUT2D eigenvalue weighted by Crippen LogP contribution is -2.29. The molecule has 7 nitrogen and oxygen atoms in total. The van der Waals surface area contributed by atoms with E-state index in [2.05, 4.69) is 25.2 Å². The number of nitrogens with one attached hydrogen (secondary N) is 1. The molecule has 3 heterocycles. The molecule has 1 aliphatic heterocycles. The molecule has 0 bridgehead atoms. The van der Waals surface area contributed by atoms with Crippen LogP contribution in [0.3, 0.4) is 0 Å². The lowest BCUT2D eigenvalue weighted by Gasteiger charge is -2.14. The van der Waals surface area contributed by atoms with Gasteiger partial charge < -0.3 is 14.4 Å². The van der Waals surface area contributed by atoms with Gasteiger partial charge >= 0.3 is 0 Å². The highest BCUT2D eigenvalue weighted by Crippen LogP contribution is 2.40. The van der Waals surface area contributed by atoms with E-state index in [1.54, 1.807) is 6.07 Å². The summed E-state index contributed by atoms with van der Waals surface area (Å²) in [6, 6.07) is 1.55. The van der Waals surface area contributed by atoms with Gasteiger partial charge in [-0.3, -0.25) is 4.79 Å². The molecule has 1 aliphatic carbocycles. The zero-order valence-corrected chi connectivity index (χ0v) is 13.3. The third-order valence-electron chi connectivity index (χ3n) is 4.61. The monoisotopic (exact) mass is 315 g/mol. The SMILES string of the molecule is C[C@H](NC(=O)c1cc(C2CC2)on1)c1nnc2n1CCCCC2. The first-order valence-corrected chi connectivity index (χ1v) is 8.42. The van der Waals surface area contributed by atoms with E-state index in [4.69, 9.17) is 4.52 Å². The molecule has 1 amide bonds. The summed E-state index contributed by atoms with van der Waals surface area (Å²) in [5.74, 6) is 2.89. The summed E-state index contributed by atoms with van der Waals surface area (Å²) in [6.45, 7) is 2.86. The largest absolute Gasteiger partial charge is 0.360 e. The molecular weight excluding hydrogens is 294 g/mol. The van der Waals surface area contributed by atoms with Crippen molar-refractivity contribution >= 4 is 5.91 Å². The highest BCUT2D eigenvalue weighted by molar-refractivity contribution is 5.92. The lowest BCUT2D eigenvalue weighted by atomic mass is 10.2. The predicted octanol–water partition coefficient (Wildman–Crippen LogP) is 2.36. The van der Waals surface area contributed by atoms with Gasteiger partial charge in [-0.25, -0.2) is 0 Å². The molecule has 2 aromatic heterocycles.